The first-order valence-electron chi connectivity index (χ1n) is 16.4. The lowest BCUT2D eigenvalue weighted by Crippen LogP contribution is -2.83. The highest BCUT2D eigenvalue weighted by atomic mass is 32.2. The molecule has 3 heterocycles. The predicted molar refractivity (Wildman–Crippen MR) is 197 cm³/mol. The van der Waals surface area contributed by atoms with Gasteiger partial charge in [-0.15, -0.1) is 16.9 Å². The van der Waals surface area contributed by atoms with Crippen LogP contribution in [0, 0.1) is 0 Å². The van der Waals surface area contributed by atoms with E-state index >= 15 is 0 Å². The quantitative estimate of drug-likeness (QED) is 0.0449. The number of amides is 2. The highest BCUT2D eigenvalue weighted by molar-refractivity contribution is 8.00. The standard InChI is InChI=1S/C38H31N7O6S2/c39-38(40-23-46)36(49)45-30(35(48)51-32(26-17-9-3-10-18-26)27-19-11-4-12-20-27)28(22-53-37(38)45)33(52)34-41-42-43-44(34)21-29(47)50-31(24-13-5-1-6-14-24)25-15-7-2-8-16-25/h1-20,23,31-32,37H,21-22,39H2,(H,40,46)/t37-,38-/m0/s1. The number of aromatic nitrogens is 4. The molecule has 0 radical (unpaired) electrons. The number of rotatable bonds is 13. The summed E-state index contributed by atoms with van der Waals surface area (Å²) >= 11 is 7.09. The van der Waals surface area contributed by atoms with E-state index < -0.39 is 47.6 Å². The first-order chi connectivity index (χ1) is 25.8. The molecular weight excluding hydrogens is 715 g/mol. The number of carbonyl (C=O) groups excluding carboxylic acids is 4. The van der Waals surface area contributed by atoms with Crippen molar-refractivity contribution in [2.24, 2.45) is 5.73 Å². The van der Waals surface area contributed by atoms with E-state index in [9.17, 15) is 19.2 Å². The SMILES string of the molecule is N[C@]1(NC=O)C(=O)N2C(C(=O)OC(c3ccccc3)c3ccccc3)=C(C(=S)c3nnnn3CC(=O)OC(c3ccccc3)c3ccccc3)CS[C@H]21. The highest BCUT2D eigenvalue weighted by Gasteiger charge is 2.63. The van der Waals surface area contributed by atoms with Crippen molar-refractivity contribution in [1.82, 2.24) is 30.4 Å². The number of nitrogens with one attached hydrogen (secondary N) is 1. The van der Waals surface area contributed by atoms with Crippen LogP contribution in [0.4, 0.5) is 0 Å². The molecule has 2 atom stereocenters. The maximum atomic E-state index is 14.4. The number of tetrazole rings is 1. The Morgan fingerprint density at radius 2 is 1.36 bits per heavy atom. The van der Waals surface area contributed by atoms with Crippen LogP contribution in [0.5, 0.6) is 0 Å². The molecule has 0 spiro atoms. The van der Waals surface area contributed by atoms with Gasteiger partial charge >= 0.3 is 11.9 Å². The minimum atomic E-state index is -1.76. The summed E-state index contributed by atoms with van der Waals surface area (Å²) in [5, 5.41) is 13.4. The monoisotopic (exact) mass is 745 g/mol. The number of esters is 2. The summed E-state index contributed by atoms with van der Waals surface area (Å²) in [5.41, 5.74) is 7.53. The number of benzene rings is 4. The fourth-order valence-electron chi connectivity index (χ4n) is 6.21. The average molecular weight is 746 g/mol. The number of fused-ring (bicyclic) bond motifs is 1. The predicted octanol–water partition coefficient (Wildman–Crippen LogP) is 3.63. The summed E-state index contributed by atoms with van der Waals surface area (Å²) in [7, 11) is 0. The number of ether oxygens (including phenoxy) is 2. The first kappa shape index (κ1) is 35.4. The Bertz CT molecular complexity index is 2110. The normalized spacial score (nSPS) is 17.9. The summed E-state index contributed by atoms with van der Waals surface area (Å²) < 4.78 is 13.3. The summed E-state index contributed by atoms with van der Waals surface area (Å²) in [4.78, 5) is 54.1. The second-order valence-corrected chi connectivity index (χ2v) is 13.6. The molecule has 0 unspecified atom stereocenters. The van der Waals surface area contributed by atoms with E-state index in [-0.39, 0.29) is 27.7 Å². The van der Waals surface area contributed by atoms with Crippen molar-refractivity contribution in [2.75, 3.05) is 5.75 Å². The Morgan fingerprint density at radius 1 is 0.868 bits per heavy atom. The van der Waals surface area contributed by atoms with Gasteiger partial charge in [-0.05, 0) is 32.7 Å². The number of nitrogens with zero attached hydrogens (tertiary/aromatic N) is 5. The van der Waals surface area contributed by atoms with Crippen LogP contribution in [0.1, 0.15) is 40.3 Å². The maximum Gasteiger partial charge on any atom is 0.356 e. The lowest BCUT2D eigenvalue weighted by Gasteiger charge is -2.55. The molecule has 2 aliphatic heterocycles. The largest absolute Gasteiger partial charge is 0.451 e. The number of thiocarbonyl (C=S) groups is 1. The number of β-lactam (4-membered cyclic amide) rings is 1. The van der Waals surface area contributed by atoms with E-state index in [1.54, 1.807) is 0 Å². The molecule has 2 amide bonds. The van der Waals surface area contributed by atoms with Crippen LogP contribution in [0.3, 0.4) is 0 Å². The van der Waals surface area contributed by atoms with Gasteiger partial charge in [0.25, 0.3) is 5.91 Å². The molecule has 0 aliphatic carbocycles. The van der Waals surface area contributed by atoms with Gasteiger partial charge in [-0.25, -0.2) is 9.48 Å². The number of hydrogen-bond acceptors (Lipinski definition) is 12. The molecule has 7 rings (SSSR count). The first-order valence-corrected chi connectivity index (χ1v) is 17.9. The van der Waals surface area contributed by atoms with Crippen molar-refractivity contribution in [1.29, 1.82) is 0 Å². The topological polar surface area (TPSA) is 172 Å². The van der Waals surface area contributed by atoms with Gasteiger partial charge in [0.15, 0.2) is 18.0 Å². The molecule has 0 saturated carbocycles. The van der Waals surface area contributed by atoms with Gasteiger partial charge in [-0.1, -0.05) is 134 Å². The van der Waals surface area contributed by atoms with Gasteiger partial charge in [-0.2, -0.15) is 0 Å². The molecule has 4 aromatic carbocycles. The van der Waals surface area contributed by atoms with Crippen LogP contribution in [-0.2, 0) is 35.2 Å². The number of hydrogen-bond donors (Lipinski definition) is 2. The van der Waals surface area contributed by atoms with E-state index in [1.807, 2.05) is 121 Å². The molecule has 15 heteroatoms. The minimum absolute atomic E-state index is 0.00464. The molecule has 53 heavy (non-hydrogen) atoms. The van der Waals surface area contributed by atoms with E-state index in [0.29, 0.717) is 17.5 Å². The average Bonchev–Trinajstić information content (AvgIpc) is 3.67. The second kappa shape index (κ2) is 15.3. The molecule has 2 aliphatic rings. The zero-order chi connectivity index (χ0) is 37.0. The summed E-state index contributed by atoms with van der Waals surface area (Å²) in [6, 6.07) is 36.9. The van der Waals surface area contributed by atoms with Gasteiger partial charge in [0, 0.05) is 11.3 Å². The van der Waals surface area contributed by atoms with Gasteiger partial charge in [0.05, 0.1) is 4.86 Å². The fourth-order valence-corrected chi connectivity index (χ4v) is 8.00. The third-order valence-corrected chi connectivity index (χ3v) is 10.6. The molecule has 0 bridgehead atoms. The number of carbonyl (C=O) groups is 4. The molecule has 5 aromatic rings. The van der Waals surface area contributed by atoms with E-state index in [0.717, 1.165) is 11.1 Å². The zero-order valence-corrected chi connectivity index (χ0v) is 29.5. The lowest BCUT2D eigenvalue weighted by atomic mass is 9.95. The third kappa shape index (κ3) is 6.96. The Labute approximate surface area is 313 Å². The van der Waals surface area contributed by atoms with E-state index in [2.05, 4.69) is 20.8 Å². The minimum Gasteiger partial charge on any atom is -0.451 e. The molecule has 1 fully saturated rings. The molecule has 3 N–H and O–H groups in total. The highest BCUT2D eigenvalue weighted by Crippen LogP contribution is 2.45. The Hall–Kier alpha value is -6.03. The molecule has 1 saturated heterocycles. The van der Waals surface area contributed by atoms with Crippen LogP contribution in [-0.4, -0.2) is 71.0 Å². The second-order valence-electron chi connectivity index (χ2n) is 12.1. The maximum absolute atomic E-state index is 14.4. The van der Waals surface area contributed by atoms with Crippen LogP contribution in [0.15, 0.2) is 133 Å². The van der Waals surface area contributed by atoms with Crippen molar-refractivity contribution in [3.05, 3.63) is 161 Å². The number of nitrogens with two attached hydrogens (primary N) is 1. The number of thioether (sulfide) groups is 1. The van der Waals surface area contributed by atoms with Crippen molar-refractivity contribution < 1.29 is 28.7 Å². The van der Waals surface area contributed by atoms with Crippen molar-refractivity contribution >= 4 is 53.1 Å². The smallest absolute Gasteiger partial charge is 0.356 e. The van der Waals surface area contributed by atoms with Crippen molar-refractivity contribution in [3.8, 4) is 0 Å². The lowest BCUT2D eigenvalue weighted by molar-refractivity contribution is -0.160. The van der Waals surface area contributed by atoms with Crippen LogP contribution in [0.25, 0.3) is 0 Å². The Morgan fingerprint density at radius 3 is 1.85 bits per heavy atom. The van der Waals surface area contributed by atoms with E-state index in [1.165, 1.54) is 21.3 Å². The summed E-state index contributed by atoms with van der Waals surface area (Å²) in [6.07, 6.45) is -1.22. The van der Waals surface area contributed by atoms with Crippen LogP contribution < -0.4 is 11.1 Å². The molecule has 13 nitrogen and oxygen atoms in total. The molecular formula is C38H31N7O6S2. The van der Waals surface area contributed by atoms with Gasteiger partial charge < -0.3 is 14.8 Å². The third-order valence-electron chi connectivity index (χ3n) is 8.77. The summed E-state index contributed by atoms with van der Waals surface area (Å²) in [6.45, 7) is -0.413. The van der Waals surface area contributed by atoms with Gasteiger partial charge in [0.1, 0.15) is 17.6 Å². The Kier molecular flexibility index (Phi) is 10.2. The van der Waals surface area contributed by atoms with Crippen molar-refractivity contribution in [2.45, 2.75) is 29.8 Å². The van der Waals surface area contributed by atoms with Gasteiger partial charge in [0.2, 0.25) is 12.1 Å². The Balaban J connectivity index is 1.21. The van der Waals surface area contributed by atoms with Crippen LogP contribution in [0.2, 0.25) is 0 Å². The fraction of sp³-hybridized carbons (Fsp3) is 0.158. The zero-order valence-electron chi connectivity index (χ0n) is 27.9. The van der Waals surface area contributed by atoms with Crippen LogP contribution >= 0.6 is 24.0 Å². The summed E-state index contributed by atoms with van der Waals surface area (Å²) in [5.74, 6) is -2.18. The van der Waals surface area contributed by atoms with Gasteiger partial charge in [-0.3, -0.25) is 25.0 Å². The van der Waals surface area contributed by atoms with Crippen molar-refractivity contribution in [3.63, 3.8) is 0 Å². The van der Waals surface area contributed by atoms with E-state index in [4.69, 9.17) is 27.4 Å². The molecule has 1 aromatic heterocycles. The molecule has 266 valence electrons.